The summed E-state index contributed by atoms with van der Waals surface area (Å²) < 4.78 is 0. The SMILES string of the molecule is CCCCC/C=C\CCCBr.CCCCCCCCCCBr.[HH].[Ni].[Zn]. The molecule has 0 saturated carbocycles. The standard InChI is InChI=1S/C10H21Br.C10H19Br.Ni.Zn.H2/c2*1-2-3-4-5-6-7-8-9-10-11;;;/h2-10H2,1H3;6-7H,2-5,8-10H2,1H3;;;1H/b;7-6-;;;. The van der Waals surface area contributed by atoms with Crippen LogP contribution in [0.1, 0.15) is 105 Å². The molecule has 148 valence electrons. The summed E-state index contributed by atoms with van der Waals surface area (Å²) in [5.41, 5.74) is 0. The Morgan fingerprint density at radius 2 is 0.958 bits per heavy atom. The summed E-state index contributed by atoms with van der Waals surface area (Å²) in [6, 6.07) is 0. The number of alkyl halides is 2. The second kappa shape index (κ2) is 35.8. The van der Waals surface area contributed by atoms with Crippen LogP contribution in [-0.2, 0) is 36.0 Å². The van der Waals surface area contributed by atoms with Gasteiger partial charge < -0.3 is 0 Å². The van der Waals surface area contributed by atoms with Crippen molar-refractivity contribution in [2.24, 2.45) is 0 Å². The van der Waals surface area contributed by atoms with E-state index in [0.717, 1.165) is 5.33 Å². The molecule has 0 aliphatic carbocycles. The first-order valence-corrected chi connectivity index (χ1v) is 11.8. The van der Waals surface area contributed by atoms with Crippen LogP contribution in [0.2, 0.25) is 0 Å². The van der Waals surface area contributed by atoms with Crippen molar-refractivity contribution in [2.75, 3.05) is 10.7 Å². The van der Waals surface area contributed by atoms with Gasteiger partial charge in [-0.05, 0) is 32.1 Å². The zero-order valence-corrected chi connectivity index (χ0v) is 23.4. The van der Waals surface area contributed by atoms with E-state index >= 15 is 0 Å². The molecule has 0 nitrogen and oxygen atoms in total. The van der Waals surface area contributed by atoms with Gasteiger partial charge in [-0.3, -0.25) is 0 Å². The van der Waals surface area contributed by atoms with Crippen LogP contribution in [0.25, 0.3) is 0 Å². The summed E-state index contributed by atoms with van der Waals surface area (Å²) >= 11 is 6.85. The van der Waals surface area contributed by atoms with Crippen LogP contribution in [0.15, 0.2) is 12.2 Å². The van der Waals surface area contributed by atoms with Crippen molar-refractivity contribution in [1.29, 1.82) is 0 Å². The van der Waals surface area contributed by atoms with Crippen LogP contribution in [0.3, 0.4) is 0 Å². The Hall–Kier alpha value is 1.82. The molecule has 0 spiro atoms. The van der Waals surface area contributed by atoms with Gasteiger partial charge in [-0.2, -0.15) is 0 Å². The second-order valence-electron chi connectivity index (χ2n) is 5.96. The molecule has 4 heteroatoms. The van der Waals surface area contributed by atoms with Gasteiger partial charge in [0.05, 0.1) is 0 Å². The van der Waals surface area contributed by atoms with Crippen LogP contribution in [0.5, 0.6) is 0 Å². The Kier molecular flexibility index (Phi) is 49.9. The Morgan fingerprint density at radius 3 is 1.42 bits per heavy atom. The van der Waals surface area contributed by atoms with Crippen molar-refractivity contribution in [3.63, 3.8) is 0 Å². The van der Waals surface area contributed by atoms with E-state index in [2.05, 4.69) is 57.9 Å². The summed E-state index contributed by atoms with van der Waals surface area (Å²) in [7, 11) is 0. The summed E-state index contributed by atoms with van der Waals surface area (Å²) in [5, 5.41) is 2.31. The van der Waals surface area contributed by atoms with Crippen molar-refractivity contribution in [1.82, 2.24) is 0 Å². The number of allylic oxidation sites excluding steroid dienone is 2. The van der Waals surface area contributed by atoms with Gasteiger partial charge in [-0.1, -0.05) is 116 Å². The molecule has 0 aliphatic rings. The predicted molar refractivity (Wildman–Crippen MR) is 115 cm³/mol. The topological polar surface area (TPSA) is 0 Å². The van der Waals surface area contributed by atoms with Crippen molar-refractivity contribution >= 4 is 31.9 Å². The number of rotatable bonds is 15. The number of hydrogen-bond acceptors (Lipinski definition) is 0. The van der Waals surface area contributed by atoms with Crippen LogP contribution in [0.4, 0.5) is 0 Å². The van der Waals surface area contributed by atoms with Crippen LogP contribution < -0.4 is 0 Å². The summed E-state index contributed by atoms with van der Waals surface area (Å²) in [6.07, 6.45) is 23.8. The molecule has 0 atom stereocenters. The molecular weight excluding hydrogens is 524 g/mol. The van der Waals surface area contributed by atoms with Crippen LogP contribution in [0, 0.1) is 0 Å². The van der Waals surface area contributed by atoms with E-state index in [4.69, 9.17) is 0 Å². The molecule has 0 heterocycles. The minimum Gasteiger partial charge on any atom is -0.0928 e. The molecule has 0 aliphatic heterocycles. The molecule has 0 aromatic heterocycles. The fourth-order valence-corrected chi connectivity index (χ4v) is 2.89. The first-order chi connectivity index (χ1) is 10.8. The van der Waals surface area contributed by atoms with Crippen molar-refractivity contribution < 1.29 is 37.4 Å². The molecule has 0 unspecified atom stereocenters. The maximum atomic E-state index is 3.44. The van der Waals surface area contributed by atoms with Gasteiger partial charge in [0, 0.05) is 48.1 Å². The smallest absolute Gasteiger partial charge is 0.00342 e. The van der Waals surface area contributed by atoms with Gasteiger partial charge in [0.1, 0.15) is 0 Å². The number of halogens is 2. The predicted octanol–water partition coefficient (Wildman–Crippen LogP) is 9.06. The Bertz CT molecular complexity index is 200. The van der Waals surface area contributed by atoms with Gasteiger partial charge in [0.25, 0.3) is 0 Å². The van der Waals surface area contributed by atoms with Gasteiger partial charge in [0.15, 0.2) is 0 Å². The molecule has 0 aromatic carbocycles. The molecule has 0 N–H and O–H groups in total. The van der Waals surface area contributed by atoms with Crippen molar-refractivity contribution in [3.8, 4) is 0 Å². The van der Waals surface area contributed by atoms with E-state index in [-0.39, 0.29) is 37.4 Å². The average Bonchev–Trinajstić information content (AvgIpc) is 2.54. The third-order valence-corrected chi connectivity index (χ3v) is 4.75. The van der Waals surface area contributed by atoms with E-state index < -0.39 is 0 Å². The Balaban J connectivity index is -0.0000000952. The molecular formula is C20H42Br2NiZn. The summed E-state index contributed by atoms with van der Waals surface area (Å²) in [4.78, 5) is 0. The summed E-state index contributed by atoms with van der Waals surface area (Å²) in [5.74, 6) is 0. The monoisotopic (exact) mass is 562 g/mol. The van der Waals surface area contributed by atoms with Crippen molar-refractivity contribution in [2.45, 2.75) is 104 Å². The molecule has 24 heavy (non-hydrogen) atoms. The second-order valence-corrected chi connectivity index (χ2v) is 7.55. The third-order valence-electron chi connectivity index (χ3n) is 3.63. The van der Waals surface area contributed by atoms with Gasteiger partial charge in [0.2, 0.25) is 0 Å². The zero-order valence-electron chi connectivity index (χ0n) is 16.2. The first kappa shape index (κ1) is 33.4. The van der Waals surface area contributed by atoms with Crippen molar-refractivity contribution in [3.05, 3.63) is 12.2 Å². The number of unbranched alkanes of at least 4 members (excludes halogenated alkanes) is 11. The Labute approximate surface area is 194 Å². The van der Waals surface area contributed by atoms with E-state index in [1.165, 1.54) is 95.2 Å². The van der Waals surface area contributed by atoms with Gasteiger partial charge in [-0.15, -0.1) is 0 Å². The zero-order chi connectivity index (χ0) is 16.7. The molecule has 0 amide bonds. The minimum absolute atomic E-state index is 0. The minimum atomic E-state index is 0. The van der Waals surface area contributed by atoms with Crippen LogP contribution >= 0.6 is 31.9 Å². The first-order valence-electron chi connectivity index (χ1n) is 9.60. The number of hydrogen-bond donors (Lipinski definition) is 0. The molecule has 0 saturated heterocycles. The quantitative estimate of drug-likeness (QED) is 0.0803. The van der Waals surface area contributed by atoms with E-state index in [1.54, 1.807) is 0 Å². The van der Waals surface area contributed by atoms with Crippen LogP contribution in [-0.4, -0.2) is 10.7 Å². The summed E-state index contributed by atoms with van der Waals surface area (Å²) in [6.45, 7) is 4.51. The fraction of sp³-hybridized carbons (Fsp3) is 0.900. The molecule has 0 aromatic rings. The average molecular weight is 566 g/mol. The van der Waals surface area contributed by atoms with E-state index in [0.29, 0.717) is 0 Å². The molecule has 0 rings (SSSR count). The molecule has 0 bridgehead atoms. The molecule has 0 radical (unpaired) electrons. The van der Waals surface area contributed by atoms with E-state index in [1.807, 2.05) is 0 Å². The molecule has 0 fully saturated rings. The normalized spacial score (nSPS) is 9.83. The largest absolute Gasteiger partial charge is 0.0928 e. The maximum Gasteiger partial charge on any atom is 0.00342 e. The van der Waals surface area contributed by atoms with E-state index in [9.17, 15) is 0 Å². The third kappa shape index (κ3) is 39.1. The maximum absolute atomic E-state index is 3.44. The fourth-order valence-electron chi connectivity index (χ4n) is 2.17. The Morgan fingerprint density at radius 1 is 0.583 bits per heavy atom. The van der Waals surface area contributed by atoms with Gasteiger partial charge in [-0.25, -0.2) is 0 Å². The van der Waals surface area contributed by atoms with Gasteiger partial charge >= 0.3 is 0 Å².